The van der Waals surface area contributed by atoms with Crippen molar-refractivity contribution in [2.45, 2.75) is 18.9 Å². The van der Waals surface area contributed by atoms with E-state index in [1.165, 1.54) is 11.8 Å². The summed E-state index contributed by atoms with van der Waals surface area (Å²) in [7, 11) is 0. The lowest BCUT2D eigenvalue weighted by Gasteiger charge is -2.18. The zero-order chi connectivity index (χ0) is 19.0. The van der Waals surface area contributed by atoms with Crippen LogP contribution in [-0.2, 0) is 9.53 Å². The molecule has 4 rings (SSSR count). The Bertz CT molecular complexity index is 935. The van der Waals surface area contributed by atoms with Gasteiger partial charge in [0.05, 0.1) is 27.6 Å². The molecular formula is C19H15Cl2NO3S2. The Hall–Kier alpha value is -1.31. The van der Waals surface area contributed by atoms with Gasteiger partial charge < -0.3 is 9.15 Å². The van der Waals surface area contributed by atoms with Gasteiger partial charge in [0.25, 0.3) is 5.91 Å². The van der Waals surface area contributed by atoms with E-state index < -0.39 is 0 Å². The van der Waals surface area contributed by atoms with Crippen molar-refractivity contribution in [3.8, 4) is 11.3 Å². The van der Waals surface area contributed by atoms with Crippen molar-refractivity contribution in [2.75, 3.05) is 13.2 Å². The second-order valence-corrected chi connectivity index (χ2v) is 8.75. The first-order valence-electron chi connectivity index (χ1n) is 8.43. The van der Waals surface area contributed by atoms with Crippen LogP contribution in [0.1, 0.15) is 18.6 Å². The van der Waals surface area contributed by atoms with Crippen LogP contribution < -0.4 is 0 Å². The molecule has 0 N–H and O–H groups in total. The summed E-state index contributed by atoms with van der Waals surface area (Å²) < 4.78 is 12.0. The first-order chi connectivity index (χ1) is 13.0. The van der Waals surface area contributed by atoms with Gasteiger partial charge >= 0.3 is 0 Å². The Labute approximate surface area is 176 Å². The van der Waals surface area contributed by atoms with Crippen molar-refractivity contribution >= 4 is 63.5 Å². The van der Waals surface area contributed by atoms with Gasteiger partial charge in [0.15, 0.2) is 0 Å². The first kappa shape index (κ1) is 19.0. The summed E-state index contributed by atoms with van der Waals surface area (Å²) in [5.74, 6) is 1.12. The van der Waals surface area contributed by atoms with Crippen LogP contribution in [0.15, 0.2) is 39.7 Å². The number of nitrogens with zero attached hydrogens (tertiary/aromatic N) is 1. The van der Waals surface area contributed by atoms with E-state index >= 15 is 0 Å². The fraction of sp³-hybridized carbons (Fsp3) is 0.263. The molecule has 2 fully saturated rings. The van der Waals surface area contributed by atoms with E-state index in [1.807, 2.05) is 18.2 Å². The van der Waals surface area contributed by atoms with Gasteiger partial charge in [0.2, 0.25) is 0 Å². The highest BCUT2D eigenvalue weighted by Crippen LogP contribution is 2.35. The van der Waals surface area contributed by atoms with Crippen LogP contribution in [0.2, 0.25) is 10.0 Å². The van der Waals surface area contributed by atoms with Gasteiger partial charge in [-0.25, -0.2) is 0 Å². The van der Waals surface area contributed by atoms with E-state index in [0.717, 1.165) is 25.0 Å². The van der Waals surface area contributed by atoms with Gasteiger partial charge in [-0.2, -0.15) is 0 Å². The van der Waals surface area contributed by atoms with Crippen LogP contribution in [-0.4, -0.2) is 34.4 Å². The molecule has 4 nitrogen and oxygen atoms in total. The Kier molecular flexibility index (Phi) is 5.62. The standard InChI is InChI=1S/C19H15Cl2NO3S2/c20-14-5-3-11(8-15(14)21)16-6-4-12(25-16)9-17-18(23)22(19(26)27-17)10-13-2-1-7-24-13/h3-6,8-9,13H,1-2,7,10H2/b17-9+/t13-/m1/s1. The number of carbonyl (C=O) groups is 1. The summed E-state index contributed by atoms with van der Waals surface area (Å²) in [6, 6.07) is 8.94. The highest BCUT2D eigenvalue weighted by atomic mass is 35.5. The van der Waals surface area contributed by atoms with E-state index in [0.29, 0.717) is 37.3 Å². The Morgan fingerprint density at radius 2 is 2.11 bits per heavy atom. The summed E-state index contributed by atoms with van der Waals surface area (Å²) in [4.78, 5) is 14.9. The number of hydrogen-bond donors (Lipinski definition) is 0. The Morgan fingerprint density at radius 3 is 2.85 bits per heavy atom. The maximum Gasteiger partial charge on any atom is 0.266 e. The lowest BCUT2D eigenvalue weighted by atomic mass is 10.2. The number of halogens is 2. The summed E-state index contributed by atoms with van der Waals surface area (Å²) in [6.45, 7) is 1.26. The van der Waals surface area contributed by atoms with Crippen molar-refractivity contribution in [1.29, 1.82) is 0 Å². The van der Waals surface area contributed by atoms with Crippen molar-refractivity contribution < 1.29 is 13.9 Å². The number of rotatable bonds is 4. The number of ether oxygens (including phenoxy) is 1. The third-order valence-corrected chi connectivity index (χ3v) is 6.50. The van der Waals surface area contributed by atoms with Crippen LogP contribution in [0.4, 0.5) is 0 Å². The molecular weight excluding hydrogens is 425 g/mol. The second-order valence-electron chi connectivity index (χ2n) is 6.26. The summed E-state index contributed by atoms with van der Waals surface area (Å²) in [5, 5.41) is 0.948. The second kappa shape index (κ2) is 7.97. The molecule has 2 saturated heterocycles. The van der Waals surface area contributed by atoms with Crippen molar-refractivity contribution in [3.63, 3.8) is 0 Å². The Morgan fingerprint density at radius 1 is 1.26 bits per heavy atom. The molecule has 1 aromatic heterocycles. The predicted octanol–water partition coefficient (Wildman–Crippen LogP) is 5.63. The van der Waals surface area contributed by atoms with E-state index in [9.17, 15) is 4.79 Å². The minimum Gasteiger partial charge on any atom is -0.457 e. The van der Waals surface area contributed by atoms with E-state index in [1.54, 1.807) is 23.1 Å². The molecule has 3 heterocycles. The molecule has 2 aromatic rings. The fourth-order valence-corrected chi connectivity index (χ4v) is 4.57. The number of amides is 1. The molecule has 1 aromatic carbocycles. The normalized spacial score (nSPS) is 21.6. The van der Waals surface area contributed by atoms with Crippen LogP contribution in [0.25, 0.3) is 17.4 Å². The molecule has 8 heteroatoms. The van der Waals surface area contributed by atoms with Crippen molar-refractivity contribution in [3.05, 3.63) is 51.0 Å². The maximum absolute atomic E-state index is 12.7. The monoisotopic (exact) mass is 439 g/mol. The van der Waals surface area contributed by atoms with Gasteiger partial charge in [-0.05, 0) is 43.2 Å². The largest absolute Gasteiger partial charge is 0.457 e. The minimum absolute atomic E-state index is 0.0664. The summed E-state index contributed by atoms with van der Waals surface area (Å²) in [6.07, 6.45) is 3.77. The average molecular weight is 440 g/mol. The lowest BCUT2D eigenvalue weighted by molar-refractivity contribution is -0.123. The van der Waals surface area contributed by atoms with E-state index in [4.69, 9.17) is 44.6 Å². The molecule has 27 heavy (non-hydrogen) atoms. The molecule has 140 valence electrons. The SMILES string of the molecule is O=C1/C(=C\c2ccc(-c3ccc(Cl)c(Cl)c3)o2)SC(=S)N1C[C@H]1CCCO1. The number of thiocarbonyl (C=S) groups is 1. The number of benzene rings is 1. The topological polar surface area (TPSA) is 42.7 Å². The summed E-state index contributed by atoms with van der Waals surface area (Å²) >= 11 is 18.7. The lowest BCUT2D eigenvalue weighted by Crippen LogP contribution is -2.35. The van der Waals surface area contributed by atoms with Gasteiger partial charge in [-0.1, -0.05) is 47.2 Å². The fourth-order valence-electron chi connectivity index (χ4n) is 3.01. The van der Waals surface area contributed by atoms with Crippen LogP contribution in [0.3, 0.4) is 0 Å². The number of thioether (sulfide) groups is 1. The van der Waals surface area contributed by atoms with Gasteiger partial charge in [-0.3, -0.25) is 9.69 Å². The predicted molar refractivity (Wildman–Crippen MR) is 113 cm³/mol. The minimum atomic E-state index is -0.104. The zero-order valence-electron chi connectivity index (χ0n) is 14.1. The molecule has 1 atom stereocenters. The zero-order valence-corrected chi connectivity index (χ0v) is 17.3. The van der Waals surface area contributed by atoms with Gasteiger partial charge in [0, 0.05) is 18.2 Å². The molecule has 0 spiro atoms. The third kappa shape index (κ3) is 4.10. The smallest absolute Gasteiger partial charge is 0.266 e. The molecule has 2 aliphatic rings. The van der Waals surface area contributed by atoms with Gasteiger partial charge in [-0.15, -0.1) is 0 Å². The number of hydrogen-bond acceptors (Lipinski definition) is 5. The van der Waals surface area contributed by atoms with Crippen LogP contribution in [0, 0.1) is 0 Å². The molecule has 1 amide bonds. The molecule has 0 unspecified atom stereocenters. The van der Waals surface area contributed by atoms with Gasteiger partial charge in [0.1, 0.15) is 15.8 Å². The van der Waals surface area contributed by atoms with Crippen LogP contribution in [0.5, 0.6) is 0 Å². The first-order valence-corrected chi connectivity index (χ1v) is 10.4. The quantitative estimate of drug-likeness (QED) is 0.455. The Balaban J connectivity index is 1.52. The molecule has 0 aliphatic carbocycles. The van der Waals surface area contributed by atoms with E-state index in [-0.39, 0.29) is 12.0 Å². The maximum atomic E-state index is 12.7. The van der Waals surface area contributed by atoms with Crippen molar-refractivity contribution in [1.82, 2.24) is 4.90 Å². The third-order valence-electron chi connectivity index (χ3n) is 4.39. The van der Waals surface area contributed by atoms with Crippen molar-refractivity contribution in [2.24, 2.45) is 0 Å². The number of furan rings is 1. The molecule has 0 saturated carbocycles. The highest BCUT2D eigenvalue weighted by Gasteiger charge is 2.34. The van der Waals surface area contributed by atoms with E-state index in [2.05, 4.69) is 0 Å². The van der Waals surface area contributed by atoms with Crippen LogP contribution >= 0.6 is 47.2 Å². The summed E-state index contributed by atoms with van der Waals surface area (Å²) in [5.41, 5.74) is 0.815. The average Bonchev–Trinajstić information content (AvgIpc) is 3.37. The number of carbonyl (C=O) groups excluding carboxylic acids is 1. The molecule has 2 aliphatic heterocycles. The molecule has 0 radical (unpaired) electrons. The highest BCUT2D eigenvalue weighted by molar-refractivity contribution is 8.26. The molecule has 0 bridgehead atoms.